The van der Waals surface area contributed by atoms with Crippen LogP contribution in [0.4, 0.5) is 0 Å². The van der Waals surface area contributed by atoms with Crippen LogP contribution >= 0.6 is 0 Å². The fourth-order valence-corrected chi connectivity index (χ4v) is 2.41. The van der Waals surface area contributed by atoms with Crippen LogP contribution in [0.3, 0.4) is 0 Å². The molecule has 0 spiro atoms. The van der Waals surface area contributed by atoms with Crippen molar-refractivity contribution in [3.05, 3.63) is 41.8 Å². The zero-order valence-corrected chi connectivity index (χ0v) is 15.4. The molecular formula is C19H25N3O3. The van der Waals surface area contributed by atoms with Gasteiger partial charge in [0.2, 0.25) is 11.8 Å². The highest BCUT2D eigenvalue weighted by atomic mass is 16.4. The lowest BCUT2D eigenvalue weighted by atomic mass is 10.1. The number of benzene rings is 1. The number of aryl methyl sites for hydroxylation is 1. The van der Waals surface area contributed by atoms with E-state index in [2.05, 4.69) is 10.3 Å². The molecule has 1 heterocycles. The van der Waals surface area contributed by atoms with E-state index in [0.717, 1.165) is 5.56 Å². The van der Waals surface area contributed by atoms with Gasteiger partial charge in [0.25, 0.3) is 5.91 Å². The number of carbonyl (C=O) groups excluding carboxylic acids is 2. The SMILES string of the molecule is CCN(CC(=O)NC(C)(C)C)C(=O)c1nc(-c2ccccc2)oc1C. The second kappa shape index (κ2) is 7.51. The average molecular weight is 343 g/mol. The predicted molar refractivity (Wildman–Crippen MR) is 96.1 cm³/mol. The van der Waals surface area contributed by atoms with Gasteiger partial charge >= 0.3 is 0 Å². The first-order valence-electron chi connectivity index (χ1n) is 8.34. The third-order valence-corrected chi connectivity index (χ3v) is 3.54. The molecule has 25 heavy (non-hydrogen) atoms. The van der Waals surface area contributed by atoms with E-state index < -0.39 is 0 Å². The molecule has 0 unspecified atom stereocenters. The number of rotatable bonds is 5. The molecule has 0 saturated heterocycles. The van der Waals surface area contributed by atoms with E-state index in [4.69, 9.17) is 4.42 Å². The molecule has 1 aromatic heterocycles. The number of hydrogen-bond acceptors (Lipinski definition) is 4. The molecule has 0 aliphatic heterocycles. The van der Waals surface area contributed by atoms with Crippen LogP contribution in [0.15, 0.2) is 34.7 Å². The second-order valence-electron chi connectivity index (χ2n) is 6.91. The highest BCUT2D eigenvalue weighted by Gasteiger charge is 2.25. The summed E-state index contributed by atoms with van der Waals surface area (Å²) < 4.78 is 5.64. The van der Waals surface area contributed by atoms with Crippen molar-refractivity contribution in [2.75, 3.05) is 13.1 Å². The lowest BCUT2D eigenvalue weighted by molar-refractivity contribution is -0.123. The number of aromatic nitrogens is 1. The van der Waals surface area contributed by atoms with Gasteiger partial charge < -0.3 is 14.6 Å². The Hall–Kier alpha value is -2.63. The van der Waals surface area contributed by atoms with Crippen molar-refractivity contribution in [2.24, 2.45) is 0 Å². The Bertz CT molecular complexity index is 745. The van der Waals surface area contributed by atoms with Crippen molar-refractivity contribution in [1.82, 2.24) is 15.2 Å². The lowest BCUT2D eigenvalue weighted by Gasteiger charge is -2.24. The molecule has 0 aliphatic rings. The molecule has 0 aliphatic carbocycles. The third kappa shape index (κ3) is 4.92. The van der Waals surface area contributed by atoms with Gasteiger partial charge in [-0.05, 0) is 46.8 Å². The summed E-state index contributed by atoms with van der Waals surface area (Å²) in [5, 5.41) is 2.86. The minimum atomic E-state index is -0.343. The van der Waals surface area contributed by atoms with Gasteiger partial charge in [-0.25, -0.2) is 4.98 Å². The normalized spacial score (nSPS) is 11.2. The van der Waals surface area contributed by atoms with Gasteiger partial charge in [0, 0.05) is 17.6 Å². The average Bonchev–Trinajstić information content (AvgIpc) is 2.93. The number of likely N-dealkylation sites (N-methyl/N-ethyl adjacent to an activating group) is 1. The van der Waals surface area contributed by atoms with Crippen LogP contribution in [0, 0.1) is 6.92 Å². The summed E-state index contributed by atoms with van der Waals surface area (Å²) >= 11 is 0. The second-order valence-corrected chi connectivity index (χ2v) is 6.91. The molecule has 6 heteroatoms. The zero-order valence-electron chi connectivity index (χ0n) is 15.4. The number of nitrogens with one attached hydrogen (secondary N) is 1. The highest BCUT2D eigenvalue weighted by molar-refractivity contribution is 5.96. The molecule has 134 valence electrons. The van der Waals surface area contributed by atoms with Gasteiger partial charge in [-0.3, -0.25) is 9.59 Å². The highest BCUT2D eigenvalue weighted by Crippen LogP contribution is 2.22. The maximum atomic E-state index is 12.8. The molecule has 6 nitrogen and oxygen atoms in total. The molecule has 0 bridgehead atoms. The van der Waals surface area contributed by atoms with E-state index in [-0.39, 0.29) is 29.6 Å². The molecule has 0 fully saturated rings. The Labute approximate surface area is 148 Å². The fourth-order valence-electron chi connectivity index (χ4n) is 2.41. The van der Waals surface area contributed by atoms with E-state index in [9.17, 15) is 9.59 Å². The van der Waals surface area contributed by atoms with Crippen LogP contribution in [0.5, 0.6) is 0 Å². The topological polar surface area (TPSA) is 75.4 Å². The van der Waals surface area contributed by atoms with Gasteiger partial charge in [0.1, 0.15) is 5.76 Å². The van der Waals surface area contributed by atoms with E-state index in [1.54, 1.807) is 6.92 Å². The fraction of sp³-hybridized carbons (Fsp3) is 0.421. The van der Waals surface area contributed by atoms with Crippen molar-refractivity contribution in [3.8, 4) is 11.5 Å². The summed E-state index contributed by atoms with van der Waals surface area (Å²) in [6.07, 6.45) is 0. The molecule has 2 amide bonds. The first-order chi connectivity index (χ1) is 11.7. The molecule has 1 aromatic carbocycles. The molecule has 0 atom stereocenters. The molecule has 2 aromatic rings. The lowest BCUT2D eigenvalue weighted by Crippen LogP contribution is -2.47. The Morgan fingerprint density at radius 3 is 2.40 bits per heavy atom. The quantitative estimate of drug-likeness (QED) is 0.905. The number of hydrogen-bond donors (Lipinski definition) is 1. The van der Waals surface area contributed by atoms with Gasteiger partial charge in [-0.15, -0.1) is 0 Å². The van der Waals surface area contributed by atoms with Crippen LogP contribution in [0.1, 0.15) is 43.9 Å². The maximum Gasteiger partial charge on any atom is 0.276 e. The monoisotopic (exact) mass is 343 g/mol. The summed E-state index contributed by atoms with van der Waals surface area (Å²) in [5.41, 5.74) is 0.700. The number of carbonyl (C=O) groups is 2. The van der Waals surface area contributed by atoms with E-state index in [1.807, 2.05) is 58.0 Å². The van der Waals surface area contributed by atoms with E-state index >= 15 is 0 Å². The van der Waals surface area contributed by atoms with Crippen molar-refractivity contribution in [3.63, 3.8) is 0 Å². The summed E-state index contributed by atoms with van der Waals surface area (Å²) in [5.74, 6) is 0.331. The Kier molecular flexibility index (Phi) is 5.62. The summed E-state index contributed by atoms with van der Waals surface area (Å²) in [4.78, 5) is 30.7. The number of oxazole rings is 1. The van der Waals surface area contributed by atoms with Gasteiger partial charge in [-0.2, -0.15) is 0 Å². The molecule has 0 radical (unpaired) electrons. The van der Waals surface area contributed by atoms with Crippen molar-refractivity contribution < 1.29 is 14.0 Å². The van der Waals surface area contributed by atoms with Gasteiger partial charge in [0.05, 0.1) is 6.54 Å². The number of nitrogens with zero attached hydrogens (tertiary/aromatic N) is 2. The van der Waals surface area contributed by atoms with Gasteiger partial charge in [0.15, 0.2) is 5.69 Å². The van der Waals surface area contributed by atoms with Crippen molar-refractivity contribution >= 4 is 11.8 Å². The zero-order chi connectivity index (χ0) is 18.6. The Morgan fingerprint density at radius 2 is 1.84 bits per heavy atom. The van der Waals surface area contributed by atoms with Crippen LogP contribution in [-0.4, -0.2) is 40.3 Å². The largest absolute Gasteiger partial charge is 0.441 e. The maximum absolute atomic E-state index is 12.8. The van der Waals surface area contributed by atoms with Crippen LogP contribution in [0.25, 0.3) is 11.5 Å². The van der Waals surface area contributed by atoms with Crippen LogP contribution < -0.4 is 5.32 Å². The first-order valence-corrected chi connectivity index (χ1v) is 8.34. The number of amides is 2. The summed E-state index contributed by atoms with van der Waals surface area (Å²) in [7, 11) is 0. The first kappa shape index (κ1) is 18.7. The predicted octanol–water partition coefficient (Wildman–Crippen LogP) is 3.03. The molecular weight excluding hydrogens is 318 g/mol. The van der Waals surface area contributed by atoms with Crippen molar-refractivity contribution in [2.45, 2.75) is 40.2 Å². The van der Waals surface area contributed by atoms with Gasteiger partial charge in [-0.1, -0.05) is 18.2 Å². The minimum Gasteiger partial charge on any atom is -0.441 e. The summed E-state index contributed by atoms with van der Waals surface area (Å²) in [6.45, 7) is 9.62. The van der Waals surface area contributed by atoms with E-state index in [1.165, 1.54) is 4.90 Å². The van der Waals surface area contributed by atoms with Crippen LogP contribution in [0.2, 0.25) is 0 Å². The Morgan fingerprint density at radius 1 is 1.20 bits per heavy atom. The Balaban J connectivity index is 2.18. The van der Waals surface area contributed by atoms with Crippen molar-refractivity contribution in [1.29, 1.82) is 0 Å². The third-order valence-electron chi connectivity index (χ3n) is 3.54. The summed E-state index contributed by atoms with van der Waals surface area (Å²) in [6, 6.07) is 9.40. The smallest absolute Gasteiger partial charge is 0.276 e. The standard InChI is InChI=1S/C19H25N3O3/c1-6-22(12-15(23)21-19(3,4)5)18(24)16-13(2)25-17(20-16)14-10-8-7-9-11-14/h7-11H,6,12H2,1-5H3,(H,21,23). The molecule has 1 N–H and O–H groups in total. The molecule has 2 rings (SSSR count). The molecule has 0 saturated carbocycles. The van der Waals surface area contributed by atoms with E-state index in [0.29, 0.717) is 18.2 Å². The minimum absolute atomic E-state index is 0.0143. The van der Waals surface area contributed by atoms with Crippen LogP contribution in [-0.2, 0) is 4.79 Å².